The molecule has 0 radical (unpaired) electrons. The number of likely N-dealkylation sites (tertiary alicyclic amines) is 1. The van der Waals surface area contributed by atoms with Crippen LogP contribution in [0, 0.1) is 5.41 Å². The molecular formula is C11H17NO5. The van der Waals surface area contributed by atoms with Gasteiger partial charge < -0.3 is 10.2 Å². The Morgan fingerprint density at radius 2 is 1.82 bits per heavy atom. The molecule has 96 valence electrons. The van der Waals surface area contributed by atoms with Gasteiger partial charge in [0.25, 0.3) is 0 Å². The fraction of sp³-hybridized carbons (Fsp3) is 0.727. The minimum absolute atomic E-state index is 0.0405. The van der Waals surface area contributed by atoms with Crippen molar-refractivity contribution < 1.29 is 24.6 Å². The van der Waals surface area contributed by atoms with Crippen LogP contribution in [0.15, 0.2) is 0 Å². The second-order valence-electron chi connectivity index (χ2n) is 5.10. The van der Waals surface area contributed by atoms with Crippen molar-refractivity contribution in [3.63, 3.8) is 0 Å². The summed E-state index contributed by atoms with van der Waals surface area (Å²) in [5.74, 6) is -1.95. The molecule has 0 aromatic rings. The molecule has 1 unspecified atom stereocenters. The van der Waals surface area contributed by atoms with Gasteiger partial charge in [0.2, 0.25) is 11.8 Å². The van der Waals surface area contributed by atoms with Crippen LogP contribution in [0.1, 0.15) is 33.1 Å². The molecule has 1 aliphatic rings. The number of hydrogen-bond acceptors (Lipinski definition) is 4. The number of aliphatic hydroxyl groups is 1. The lowest BCUT2D eigenvalue weighted by Gasteiger charge is -2.34. The number of carboxylic acids is 1. The Morgan fingerprint density at radius 3 is 2.24 bits per heavy atom. The molecule has 0 spiro atoms. The Labute approximate surface area is 99.2 Å². The van der Waals surface area contributed by atoms with Gasteiger partial charge in [0.15, 0.2) is 6.10 Å². The summed E-state index contributed by atoms with van der Waals surface area (Å²) in [5.41, 5.74) is -0.337. The molecule has 2 amide bonds. The molecule has 6 heteroatoms. The number of nitrogens with zero attached hydrogens (tertiary/aromatic N) is 1. The second-order valence-corrected chi connectivity index (χ2v) is 5.10. The molecule has 0 aliphatic carbocycles. The number of piperidine rings is 1. The lowest BCUT2D eigenvalue weighted by Crippen LogP contribution is -2.47. The zero-order valence-electron chi connectivity index (χ0n) is 9.97. The van der Waals surface area contributed by atoms with Crippen LogP contribution in [0.5, 0.6) is 0 Å². The first-order valence-electron chi connectivity index (χ1n) is 5.47. The molecule has 0 bridgehead atoms. The molecule has 0 aromatic heterocycles. The predicted octanol–water partition coefficient (Wildman–Crippen LogP) is -0.00280. The van der Waals surface area contributed by atoms with Gasteiger partial charge in [-0.2, -0.15) is 0 Å². The Balaban J connectivity index is 2.58. The van der Waals surface area contributed by atoms with Crippen molar-refractivity contribution in [1.29, 1.82) is 0 Å². The first-order chi connectivity index (χ1) is 7.73. The van der Waals surface area contributed by atoms with E-state index in [1.54, 1.807) is 0 Å². The summed E-state index contributed by atoms with van der Waals surface area (Å²) in [7, 11) is 0. The lowest BCUT2D eigenvalue weighted by atomic mass is 9.81. The molecule has 6 nitrogen and oxygen atoms in total. The van der Waals surface area contributed by atoms with Crippen LogP contribution in [-0.2, 0) is 14.4 Å². The highest BCUT2D eigenvalue weighted by Crippen LogP contribution is 2.31. The second kappa shape index (κ2) is 4.83. The van der Waals surface area contributed by atoms with E-state index in [1.165, 1.54) is 0 Å². The topological polar surface area (TPSA) is 94.9 Å². The number of imide groups is 1. The van der Waals surface area contributed by atoms with E-state index in [1.807, 2.05) is 13.8 Å². The lowest BCUT2D eigenvalue weighted by molar-refractivity contribution is -0.155. The maximum atomic E-state index is 11.7. The van der Waals surface area contributed by atoms with Crippen molar-refractivity contribution in [2.24, 2.45) is 5.41 Å². The highest BCUT2D eigenvalue weighted by molar-refractivity contribution is 5.98. The van der Waals surface area contributed by atoms with Gasteiger partial charge in [-0.1, -0.05) is 13.8 Å². The quantitative estimate of drug-likeness (QED) is 0.677. The van der Waals surface area contributed by atoms with E-state index in [4.69, 9.17) is 10.2 Å². The average molecular weight is 243 g/mol. The van der Waals surface area contributed by atoms with Gasteiger partial charge >= 0.3 is 5.97 Å². The molecule has 0 saturated carbocycles. The van der Waals surface area contributed by atoms with Crippen LogP contribution < -0.4 is 0 Å². The molecular weight excluding hydrogens is 226 g/mol. The zero-order chi connectivity index (χ0) is 13.2. The molecule has 1 aliphatic heterocycles. The van der Waals surface area contributed by atoms with Gasteiger partial charge in [-0.3, -0.25) is 14.5 Å². The van der Waals surface area contributed by atoms with Gasteiger partial charge in [-0.05, 0) is 5.41 Å². The number of carbonyl (C=O) groups is 3. The normalized spacial score (nSPS) is 21.5. The Kier molecular flexibility index (Phi) is 3.87. The highest BCUT2D eigenvalue weighted by atomic mass is 16.4. The van der Waals surface area contributed by atoms with Crippen LogP contribution >= 0.6 is 0 Å². The average Bonchev–Trinajstić information content (AvgIpc) is 2.13. The van der Waals surface area contributed by atoms with Crippen molar-refractivity contribution in [3.05, 3.63) is 0 Å². The smallest absolute Gasteiger partial charge is 0.332 e. The van der Waals surface area contributed by atoms with Crippen molar-refractivity contribution in [1.82, 2.24) is 4.90 Å². The van der Waals surface area contributed by atoms with Crippen molar-refractivity contribution in [2.45, 2.75) is 39.2 Å². The molecule has 0 aromatic carbocycles. The van der Waals surface area contributed by atoms with Crippen LogP contribution in [0.25, 0.3) is 0 Å². The monoisotopic (exact) mass is 243 g/mol. The highest BCUT2D eigenvalue weighted by Gasteiger charge is 2.37. The number of carboxylic acid groups (broad SMARTS) is 1. The Bertz CT molecular complexity index is 330. The summed E-state index contributed by atoms with van der Waals surface area (Å²) < 4.78 is 0. The number of aliphatic carboxylic acids is 1. The third-order valence-electron chi connectivity index (χ3n) is 2.77. The van der Waals surface area contributed by atoms with Crippen molar-refractivity contribution in [3.8, 4) is 0 Å². The predicted molar refractivity (Wildman–Crippen MR) is 58.0 cm³/mol. The fourth-order valence-corrected chi connectivity index (χ4v) is 1.84. The molecule has 17 heavy (non-hydrogen) atoms. The molecule has 1 rings (SSSR count). The SMILES string of the molecule is CC1(C)CC(=O)N(CCC(O)C(=O)O)C(=O)C1. The number of rotatable bonds is 4. The molecule has 1 heterocycles. The summed E-state index contributed by atoms with van der Waals surface area (Å²) >= 11 is 0. The van der Waals surface area contributed by atoms with E-state index in [-0.39, 0.29) is 43.0 Å². The van der Waals surface area contributed by atoms with E-state index in [9.17, 15) is 14.4 Å². The number of carbonyl (C=O) groups excluding carboxylic acids is 2. The van der Waals surface area contributed by atoms with Crippen molar-refractivity contribution >= 4 is 17.8 Å². The largest absolute Gasteiger partial charge is 0.479 e. The van der Waals surface area contributed by atoms with Crippen LogP contribution in [0.2, 0.25) is 0 Å². The van der Waals surface area contributed by atoms with E-state index in [0.717, 1.165) is 4.90 Å². The number of hydrogen-bond donors (Lipinski definition) is 2. The van der Waals surface area contributed by atoms with E-state index >= 15 is 0 Å². The van der Waals surface area contributed by atoms with E-state index in [0.29, 0.717) is 0 Å². The summed E-state index contributed by atoms with van der Waals surface area (Å²) in [4.78, 5) is 34.8. The Hall–Kier alpha value is -1.43. The summed E-state index contributed by atoms with van der Waals surface area (Å²) in [6, 6.07) is 0. The van der Waals surface area contributed by atoms with E-state index < -0.39 is 12.1 Å². The van der Waals surface area contributed by atoms with Gasteiger partial charge in [0.1, 0.15) is 0 Å². The first kappa shape index (κ1) is 13.6. The third kappa shape index (κ3) is 3.52. The van der Waals surface area contributed by atoms with Crippen LogP contribution in [-0.4, -0.2) is 45.5 Å². The van der Waals surface area contributed by atoms with Gasteiger partial charge in [0, 0.05) is 25.8 Å². The molecule has 2 N–H and O–H groups in total. The van der Waals surface area contributed by atoms with Gasteiger partial charge in [0.05, 0.1) is 0 Å². The van der Waals surface area contributed by atoms with Crippen LogP contribution in [0.4, 0.5) is 0 Å². The number of amides is 2. The van der Waals surface area contributed by atoms with Crippen molar-refractivity contribution in [2.75, 3.05) is 6.54 Å². The standard InChI is InChI=1S/C11H17NO5/c1-11(2)5-8(14)12(9(15)6-11)4-3-7(13)10(16)17/h7,13H,3-6H2,1-2H3,(H,16,17). The Morgan fingerprint density at radius 1 is 1.35 bits per heavy atom. The molecule has 1 saturated heterocycles. The van der Waals surface area contributed by atoms with E-state index in [2.05, 4.69) is 0 Å². The first-order valence-corrected chi connectivity index (χ1v) is 5.47. The number of aliphatic hydroxyl groups excluding tert-OH is 1. The fourth-order valence-electron chi connectivity index (χ4n) is 1.84. The zero-order valence-corrected chi connectivity index (χ0v) is 9.97. The summed E-state index contributed by atoms with van der Waals surface area (Å²) in [5, 5.41) is 17.6. The van der Waals surface area contributed by atoms with Gasteiger partial charge in [-0.15, -0.1) is 0 Å². The molecule has 1 fully saturated rings. The maximum Gasteiger partial charge on any atom is 0.332 e. The third-order valence-corrected chi connectivity index (χ3v) is 2.77. The minimum Gasteiger partial charge on any atom is -0.479 e. The summed E-state index contributed by atoms with van der Waals surface area (Å²) in [6.45, 7) is 3.64. The maximum absolute atomic E-state index is 11.7. The minimum atomic E-state index is -1.54. The summed E-state index contributed by atoms with van der Waals surface area (Å²) in [6.07, 6.45) is -1.14. The van der Waals surface area contributed by atoms with Gasteiger partial charge in [-0.25, -0.2) is 4.79 Å². The molecule has 1 atom stereocenters. The van der Waals surface area contributed by atoms with Crippen LogP contribution in [0.3, 0.4) is 0 Å².